The molecular formula is C15H9F4S+. The maximum Gasteiger partial charge on any atom is 0.416 e. The number of alkyl halides is 3. The Kier molecular flexibility index (Phi) is 3.01. The third-order valence-electron chi connectivity index (χ3n) is 3.01. The van der Waals surface area contributed by atoms with Crippen molar-refractivity contribution in [2.24, 2.45) is 0 Å². The Hall–Kier alpha value is -1.88. The molecule has 0 spiro atoms. The first-order chi connectivity index (χ1) is 9.45. The lowest BCUT2D eigenvalue weighted by atomic mass is 10.2. The fourth-order valence-corrected chi connectivity index (χ4v) is 4.01. The molecule has 3 aromatic rings. The van der Waals surface area contributed by atoms with Gasteiger partial charge in [0.15, 0.2) is 9.60 Å². The van der Waals surface area contributed by atoms with Crippen LogP contribution in [0.2, 0.25) is 0 Å². The molecule has 1 atom stereocenters. The van der Waals surface area contributed by atoms with Crippen LogP contribution in [0.1, 0.15) is 5.56 Å². The summed E-state index contributed by atoms with van der Waals surface area (Å²) in [6.07, 6.45) is -4.37. The topological polar surface area (TPSA) is 0 Å². The van der Waals surface area contributed by atoms with Crippen LogP contribution in [0.25, 0.3) is 15.0 Å². The zero-order chi connectivity index (χ0) is 14.3. The van der Waals surface area contributed by atoms with E-state index in [1.54, 1.807) is 12.1 Å². The zero-order valence-electron chi connectivity index (χ0n) is 10.1. The zero-order valence-corrected chi connectivity index (χ0v) is 10.9. The van der Waals surface area contributed by atoms with Gasteiger partial charge in [0.2, 0.25) is 0 Å². The second-order valence-electron chi connectivity index (χ2n) is 4.35. The summed E-state index contributed by atoms with van der Waals surface area (Å²) < 4.78 is 52.3. The number of thiophene rings is 1. The molecule has 3 rings (SSSR count). The Morgan fingerprint density at radius 3 is 2.45 bits per heavy atom. The standard InChI is InChI=1S/C15H9F4S/c16-12-5-4-10-6-7-20(14(10)9-12)13-3-1-2-11(8-13)15(17,18)19/h1-9H/q+1. The largest absolute Gasteiger partial charge is 0.416 e. The van der Waals surface area contributed by atoms with Crippen molar-refractivity contribution in [3.05, 3.63) is 65.3 Å². The van der Waals surface area contributed by atoms with E-state index in [9.17, 15) is 17.6 Å². The van der Waals surface area contributed by atoms with Crippen LogP contribution in [0.15, 0.2) is 53.9 Å². The number of halogens is 4. The Morgan fingerprint density at radius 1 is 0.900 bits per heavy atom. The van der Waals surface area contributed by atoms with Crippen LogP contribution in [-0.4, -0.2) is 0 Å². The molecule has 0 N–H and O–H groups in total. The molecule has 0 aliphatic carbocycles. The van der Waals surface area contributed by atoms with Gasteiger partial charge in [-0.2, -0.15) is 13.2 Å². The Bertz CT molecular complexity index is 771. The van der Waals surface area contributed by atoms with E-state index in [0.29, 0.717) is 4.90 Å². The molecule has 5 heteroatoms. The average Bonchev–Trinajstić information content (AvgIpc) is 2.81. The summed E-state index contributed by atoms with van der Waals surface area (Å²) >= 11 is 0. The molecule has 0 saturated carbocycles. The van der Waals surface area contributed by atoms with Crippen molar-refractivity contribution in [1.82, 2.24) is 0 Å². The molecule has 0 fully saturated rings. The van der Waals surface area contributed by atoms with Gasteiger partial charge in [-0.05, 0) is 24.3 Å². The van der Waals surface area contributed by atoms with Crippen molar-refractivity contribution in [1.29, 1.82) is 0 Å². The van der Waals surface area contributed by atoms with Crippen molar-refractivity contribution in [3.8, 4) is 4.90 Å². The molecule has 1 heterocycles. The van der Waals surface area contributed by atoms with Crippen LogP contribution in [0.4, 0.5) is 17.6 Å². The molecule has 0 aliphatic rings. The van der Waals surface area contributed by atoms with Gasteiger partial charge in [0.05, 0.1) is 5.56 Å². The van der Waals surface area contributed by atoms with Gasteiger partial charge < -0.3 is 0 Å². The lowest BCUT2D eigenvalue weighted by Gasteiger charge is -2.05. The van der Waals surface area contributed by atoms with E-state index in [0.717, 1.165) is 22.2 Å². The van der Waals surface area contributed by atoms with E-state index in [2.05, 4.69) is 0 Å². The molecule has 1 aromatic heterocycles. The molecule has 0 nitrogen and oxygen atoms in total. The molecule has 0 amide bonds. The Labute approximate surface area is 115 Å². The van der Waals surface area contributed by atoms with E-state index in [1.165, 1.54) is 18.2 Å². The maximum atomic E-state index is 13.3. The monoisotopic (exact) mass is 297 g/mol. The third kappa shape index (κ3) is 2.29. The molecule has 1 unspecified atom stereocenters. The molecule has 2 aromatic carbocycles. The Morgan fingerprint density at radius 2 is 1.70 bits per heavy atom. The average molecular weight is 297 g/mol. The van der Waals surface area contributed by atoms with Crippen LogP contribution >= 0.6 is 10.5 Å². The van der Waals surface area contributed by atoms with Crippen molar-refractivity contribution in [2.45, 2.75) is 6.18 Å². The van der Waals surface area contributed by atoms with Gasteiger partial charge >= 0.3 is 6.18 Å². The van der Waals surface area contributed by atoms with Crippen LogP contribution < -0.4 is 0 Å². The normalized spacial score (nSPS) is 12.9. The fraction of sp³-hybridized carbons (Fsp3) is 0.0667. The Balaban J connectivity index is 2.18. The molecule has 20 heavy (non-hydrogen) atoms. The first-order valence-corrected chi connectivity index (χ1v) is 7.12. The number of fused-ring (bicyclic) bond motifs is 1. The highest BCUT2D eigenvalue weighted by Gasteiger charge is 2.31. The van der Waals surface area contributed by atoms with Gasteiger partial charge in [0, 0.05) is 34.1 Å². The molecule has 0 radical (unpaired) electrons. The van der Waals surface area contributed by atoms with Crippen LogP contribution in [-0.2, 0) is 6.18 Å². The van der Waals surface area contributed by atoms with E-state index >= 15 is 0 Å². The van der Waals surface area contributed by atoms with Crippen LogP contribution in [0.5, 0.6) is 0 Å². The summed E-state index contributed by atoms with van der Waals surface area (Å²) in [7, 11) is -0.642. The highest BCUT2D eigenvalue weighted by Crippen LogP contribution is 2.41. The van der Waals surface area contributed by atoms with Gasteiger partial charge in [-0.15, -0.1) is 0 Å². The van der Waals surface area contributed by atoms with E-state index in [-0.39, 0.29) is 5.82 Å². The fourth-order valence-electron chi connectivity index (χ4n) is 2.07. The van der Waals surface area contributed by atoms with E-state index in [4.69, 9.17) is 0 Å². The van der Waals surface area contributed by atoms with E-state index < -0.39 is 22.2 Å². The van der Waals surface area contributed by atoms with Gasteiger partial charge in [-0.1, -0.05) is 6.07 Å². The molecular weight excluding hydrogens is 288 g/mol. The highest BCUT2D eigenvalue weighted by atomic mass is 32.2. The second kappa shape index (κ2) is 4.59. The number of benzene rings is 2. The molecule has 0 saturated heterocycles. The SMILES string of the molecule is Fc1ccc2cc[s+](-c3cccc(C(F)(F)F)c3)c2c1. The molecule has 102 valence electrons. The van der Waals surface area contributed by atoms with Crippen LogP contribution in [0.3, 0.4) is 0 Å². The minimum Gasteiger partial charge on any atom is -0.207 e. The van der Waals surface area contributed by atoms with Crippen molar-refractivity contribution in [2.75, 3.05) is 0 Å². The van der Waals surface area contributed by atoms with Gasteiger partial charge in [-0.3, -0.25) is 0 Å². The summed E-state index contributed by atoms with van der Waals surface area (Å²) in [6, 6.07) is 11.4. The van der Waals surface area contributed by atoms with Crippen LogP contribution in [0, 0.1) is 5.82 Å². The lowest BCUT2D eigenvalue weighted by Crippen LogP contribution is -2.04. The van der Waals surface area contributed by atoms with Gasteiger partial charge in [-0.25, -0.2) is 4.39 Å². The minimum absolute atomic E-state index is 0.378. The highest BCUT2D eigenvalue weighted by molar-refractivity contribution is 7.43. The predicted molar refractivity (Wildman–Crippen MR) is 72.7 cm³/mol. The third-order valence-corrected chi connectivity index (χ3v) is 5.01. The summed E-state index contributed by atoms with van der Waals surface area (Å²) in [5.74, 6) is -0.378. The first-order valence-electron chi connectivity index (χ1n) is 5.83. The summed E-state index contributed by atoms with van der Waals surface area (Å²) in [5, 5.41) is 2.67. The van der Waals surface area contributed by atoms with Crippen molar-refractivity contribution < 1.29 is 17.6 Å². The van der Waals surface area contributed by atoms with Crippen molar-refractivity contribution in [3.63, 3.8) is 0 Å². The van der Waals surface area contributed by atoms with Gasteiger partial charge in [0.1, 0.15) is 11.2 Å². The summed E-state index contributed by atoms with van der Waals surface area (Å²) in [5.41, 5.74) is -0.680. The lowest BCUT2D eigenvalue weighted by molar-refractivity contribution is -0.137. The summed E-state index contributed by atoms with van der Waals surface area (Å²) in [6.45, 7) is 0. The molecule has 0 aliphatic heterocycles. The van der Waals surface area contributed by atoms with E-state index in [1.807, 2.05) is 11.4 Å². The second-order valence-corrected chi connectivity index (χ2v) is 6.21. The number of hydrogen-bond acceptors (Lipinski definition) is 0. The van der Waals surface area contributed by atoms with Gasteiger partial charge in [0.25, 0.3) is 0 Å². The summed E-state index contributed by atoms with van der Waals surface area (Å²) in [4.78, 5) is 0.542. The van der Waals surface area contributed by atoms with Crippen molar-refractivity contribution >= 4 is 20.6 Å². The predicted octanol–water partition coefficient (Wildman–Crippen LogP) is 5.74. The molecule has 0 bridgehead atoms. The maximum absolute atomic E-state index is 13.3. The minimum atomic E-state index is -4.37. The number of rotatable bonds is 1. The quantitative estimate of drug-likeness (QED) is 0.397. The first kappa shape index (κ1) is 13.1. The number of hydrogen-bond donors (Lipinski definition) is 0. The smallest absolute Gasteiger partial charge is 0.207 e.